The number of nitrogens with two attached hydrogens (primary N) is 2. The van der Waals surface area contributed by atoms with Crippen LogP contribution < -0.4 is 16.8 Å². The molecule has 0 aliphatic carbocycles. The second kappa shape index (κ2) is 8.49. The number of amides is 1. The van der Waals surface area contributed by atoms with Crippen LogP contribution in [0.3, 0.4) is 0 Å². The van der Waals surface area contributed by atoms with Crippen molar-refractivity contribution in [2.45, 2.75) is 31.5 Å². The van der Waals surface area contributed by atoms with Crippen molar-refractivity contribution in [3.05, 3.63) is 35.9 Å². The minimum Gasteiger partial charge on any atom is -0.368 e. The van der Waals surface area contributed by atoms with E-state index in [-0.39, 0.29) is 29.6 Å². The van der Waals surface area contributed by atoms with Gasteiger partial charge in [-0.1, -0.05) is 55.9 Å². The quantitative estimate of drug-likeness (QED) is 0.656. The molecule has 0 saturated carbocycles. The predicted molar refractivity (Wildman–Crippen MR) is 96.2 cm³/mol. The molecule has 128 valence electrons. The summed E-state index contributed by atoms with van der Waals surface area (Å²) < 4.78 is 0. The van der Waals surface area contributed by atoms with Gasteiger partial charge in [0, 0.05) is 0 Å². The Morgan fingerprint density at radius 3 is 2.33 bits per heavy atom. The monoisotopic (exact) mass is 346 g/mol. The number of hydrogen-bond acceptors (Lipinski definition) is 7. The van der Waals surface area contributed by atoms with E-state index in [9.17, 15) is 4.79 Å². The molecule has 1 amide bonds. The predicted octanol–water partition coefficient (Wildman–Crippen LogP) is 2.03. The Morgan fingerprint density at radius 1 is 1.12 bits per heavy atom. The van der Waals surface area contributed by atoms with Gasteiger partial charge in [0.25, 0.3) is 0 Å². The fraction of sp³-hybridized carbons (Fsp3) is 0.375. The van der Waals surface area contributed by atoms with Gasteiger partial charge in [-0.2, -0.15) is 15.0 Å². The third-order valence-electron chi connectivity index (χ3n) is 3.23. The molecule has 1 aromatic carbocycles. The molecule has 0 aliphatic rings. The van der Waals surface area contributed by atoms with Crippen LogP contribution in [0.1, 0.15) is 31.9 Å². The molecule has 1 heterocycles. The highest BCUT2D eigenvalue weighted by molar-refractivity contribution is 7.99. The van der Waals surface area contributed by atoms with E-state index >= 15 is 0 Å². The lowest BCUT2D eigenvalue weighted by Crippen LogP contribution is -2.31. The minimum atomic E-state index is -0.0907. The van der Waals surface area contributed by atoms with Crippen molar-refractivity contribution in [2.24, 2.45) is 5.92 Å². The molecular weight excluding hydrogens is 324 g/mol. The number of nitrogens with zero attached hydrogens (tertiary/aromatic N) is 3. The van der Waals surface area contributed by atoms with Gasteiger partial charge in [-0.25, -0.2) is 0 Å². The summed E-state index contributed by atoms with van der Waals surface area (Å²) in [4.78, 5) is 23.9. The summed E-state index contributed by atoms with van der Waals surface area (Å²) in [6.45, 7) is 4.26. The third kappa shape index (κ3) is 5.69. The molecule has 1 atom stereocenters. The van der Waals surface area contributed by atoms with Crippen LogP contribution in [0.25, 0.3) is 0 Å². The molecule has 0 saturated heterocycles. The number of benzene rings is 1. The summed E-state index contributed by atoms with van der Waals surface area (Å²) in [5.74, 6) is 0.655. The van der Waals surface area contributed by atoms with Crippen LogP contribution in [0.15, 0.2) is 35.5 Å². The molecule has 1 aromatic heterocycles. The van der Waals surface area contributed by atoms with E-state index in [0.717, 1.165) is 12.0 Å². The molecule has 5 N–H and O–H groups in total. The maximum atomic E-state index is 12.3. The number of thioether (sulfide) groups is 1. The lowest BCUT2D eigenvalue weighted by molar-refractivity contribution is -0.119. The lowest BCUT2D eigenvalue weighted by Gasteiger charge is -2.21. The van der Waals surface area contributed by atoms with Gasteiger partial charge in [0.15, 0.2) is 5.16 Å². The number of rotatable bonds is 7. The van der Waals surface area contributed by atoms with E-state index in [4.69, 9.17) is 11.5 Å². The van der Waals surface area contributed by atoms with E-state index < -0.39 is 0 Å². The molecule has 0 unspecified atom stereocenters. The van der Waals surface area contributed by atoms with Gasteiger partial charge in [0.1, 0.15) is 0 Å². The van der Waals surface area contributed by atoms with Crippen molar-refractivity contribution in [3.63, 3.8) is 0 Å². The summed E-state index contributed by atoms with van der Waals surface area (Å²) in [5.41, 5.74) is 12.1. The normalized spacial score (nSPS) is 12.1. The Balaban J connectivity index is 1.97. The van der Waals surface area contributed by atoms with Crippen LogP contribution in [0.4, 0.5) is 11.9 Å². The van der Waals surface area contributed by atoms with Gasteiger partial charge in [0.05, 0.1) is 11.8 Å². The van der Waals surface area contributed by atoms with Crippen molar-refractivity contribution < 1.29 is 4.79 Å². The fourth-order valence-electron chi connectivity index (χ4n) is 2.25. The third-order valence-corrected chi connectivity index (χ3v) is 4.07. The summed E-state index contributed by atoms with van der Waals surface area (Å²) in [5, 5.41) is 3.41. The largest absolute Gasteiger partial charge is 0.368 e. The SMILES string of the molecule is CC(C)C[C@H](NC(=O)CSc1nc(N)nc(N)n1)c1ccccc1. The number of nitrogens with one attached hydrogen (secondary N) is 1. The first kappa shape index (κ1) is 18.0. The minimum absolute atomic E-state index is 0.0206. The number of aromatic nitrogens is 3. The first-order valence-electron chi connectivity index (χ1n) is 7.68. The Bertz CT molecular complexity index is 659. The molecular formula is C16H22N6OS. The average Bonchev–Trinajstić information content (AvgIpc) is 2.52. The standard InChI is InChI=1S/C16H22N6OS/c1-10(2)8-12(11-6-4-3-5-7-11)19-13(23)9-24-16-21-14(17)20-15(18)22-16/h3-7,10,12H,8-9H2,1-2H3,(H,19,23)(H4,17,18,20,21,22)/t12-/m0/s1. The van der Waals surface area contributed by atoms with Gasteiger partial charge >= 0.3 is 0 Å². The Hall–Kier alpha value is -2.35. The number of nitrogen functional groups attached to an aromatic ring is 2. The van der Waals surface area contributed by atoms with E-state index in [0.29, 0.717) is 11.1 Å². The molecule has 7 nitrogen and oxygen atoms in total. The van der Waals surface area contributed by atoms with Crippen molar-refractivity contribution in [1.82, 2.24) is 20.3 Å². The molecule has 2 aromatic rings. The second-order valence-corrected chi connectivity index (χ2v) is 6.73. The topological polar surface area (TPSA) is 120 Å². The molecule has 2 rings (SSSR count). The van der Waals surface area contributed by atoms with Gasteiger partial charge in [-0.15, -0.1) is 0 Å². The number of carbonyl (C=O) groups is 1. The van der Waals surface area contributed by atoms with Gasteiger partial charge in [-0.3, -0.25) is 4.79 Å². The summed E-state index contributed by atoms with van der Waals surface area (Å²) in [6.07, 6.45) is 0.867. The zero-order valence-electron chi connectivity index (χ0n) is 13.8. The molecule has 0 radical (unpaired) electrons. The summed E-state index contributed by atoms with van der Waals surface area (Å²) >= 11 is 1.18. The Kier molecular flexibility index (Phi) is 6.36. The van der Waals surface area contributed by atoms with E-state index in [2.05, 4.69) is 34.1 Å². The fourth-order valence-corrected chi connectivity index (χ4v) is 2.91. The van der Waals surface area contributed by atoms with Crippen LogP contribution in [0, 0.1) is 5.92 Å². The average molecular weight is 346 g/mol. The van der Waals surface area contributed by atoms with E-state index in [1.165, 1.54) is 11.8 Å². The van der Waals surface area contributed by atoms with Crippen LogP contribution >= 0.6 is 11.8 Å². The molecule has 8 heteroatoms. The number of carbonyl (C=O) groups excluding carboxylic acids is 1. The highest BCUT2D eigenvalue weighted by Gasteiger charge is 2.16. The van der Waals surface area contributed by atoms with Crippen molar-refractivity contribution >= 4 is 29.6 Å². The summed E-state index contributed by atoms with van der Waals surface area (Å²) in [6, 6.07) is 9.93. The van der Waals surface area contributed by atoms with Crippen molar-refractivity contribution in [2.75, 3.05) is 17.2 Å². The molecule has 0 aliphatic heterocycles. The van der Waals surface area contributed by atoms with E-state index in [1.807, 2.05) is 30.3 Å². The van der Waals surface area contributed by atoms with Crippen LogP contribution in [-0.2, 0) is 4.79 Å². The van der Waals surface area contributed by atoms with Crippen molar-refractivity contribution in [3.8, 4) is 0 Å². The highest BCUT2D eigenvalue weighted by Crippen LogP contribution is 2.22. The molecule has 0 bridgehead atoms. The second-order valence-electron chi connectivity index (χ2n) is 5.78. The zero-order chi connectivity index (χ0) is 17.5. The van der Waals surface area contributed by atoms with Gasteiger partial charge < -0.3 is 16.8 Å². The van der Waals surface area contributed by atoms with Crippen LogP contribution in [-0.4, -0.2) is 26.6 Å². The molecule has 24 heavy (non-hydrogen) atoms. The summed E-state index contributed by atoms with van der Waals surface area (Å²) in [7, 11) is 0. The van der Waals surface area contributed by atoms with Crippen LogP contribution in [0.2, 0.25) is 0 Å². The maximum Gasteiger partial charge on any atom is 0.230 e. The zero-order valence-corrected chi connectivity index (χ0v) is 14.6. The molecule has 0 fully saturated rings. The smallest absolute Gasteiger partial charge is 0.230 e. The number of anilines is 2. The lowest BCUT2D eigenvalue weighted by atomic mass is 9.97. The maximum absolute atomic E-state index is 12.3. The van der Waals surface area contributed by atoms with Gasteiger partial charge in [-0.05, 0) is 17.9 Å². The van der Waals surface area contributed by atoms with E-state index in [1.54, 1.807) is 0 Å². The Morgan fingerprint density at radius 2 is 1.75 bits per heavy atom. The first-order chi connectivity index (χ1) is 11.4. The Labute approximate surface area is 145 Å². The number of hydrogen-bond donors (Lipinski definition) is 3. The van der Waals surface area contributed by atoms with Crippen LogP contribution in [0.5, 0.6) is 0 Å². The highest BCUT2D eigenvalue weighted by atomic mass is 32.2. The van der Waals surface area contributed by atoms with Gasteiger partial charge in [0.2, 0.25) is 17.8 Å². The first-order valence-corrected chi connectivity index (χ1v) is 8.66. The molecule has 0 spiro atoms. The van der Waals surface area contributed by atoms with Crippen molar-refractivity contribution in [1.29, 1.82) is 0 Å².